The Balaban J connectivity index is 0.00000220. The zero-order valence-corrected chi connectivity index (χ0v) is 12.3. The number of imide groups is 1. The zero-order valence-electron chi connectivity index (χ0n) is 11.5. The molecule has 0 aliphatic carbocycles. The molecule has 0 saturated heterocycles. The highest BCUT2D eigenvalue weighted by atomic mass is 35.5. The van der Waals surface area contributed by atoms with Crippen LogP contribution in [0.3, 0.4) is 0 Å². The first-order valence-corrected chi connectivity index (χ1v) is 6.57. The van der Waals surface area contributed by atoms with Gasteiger partial charge in [-0.15, -0.1) is 12.4 Å². The number of hydrogen-bond donors (Lipinski definition) is 2. The van der Waals surface area contributed by atoms with Gasteiger partial charge in [-0.1, -0.05) is 12.1 Å². The summed E-state index contributed by atoms with van der Waals surface area (Å²) in [5.41, 5.74) is 6.10. The van der Waals surface area contributed by atoms with E-state index in [4.69, 9.17) is 5.73 Å². The van der Waals surface area contributed by atoms with Gasteiger partial charge in [-0.2, -0.15) is 0 Å². The predicted molar refractivity (Wildman–Crippen MR) is 80.4 cm³/mol. The Morgan fingerprint density at radius 2 is 1.67 bits per heavy atom. The molecule has 3 amide bonds. The van der Waals surface area contributed by atoms with Crippen molar-refractivity contribution < 1.29 is 14.4 Å². The summed E-state index contributed by atoms with van der Waals surface area (Å²) in [7, 11) is 0. The van der Waals surface area contributed by atoms with Gasteiger partial charge < -0.3 is 11.1 Å². The van der Waals surface area contributed by atoms with Gasteiger partial charge in [0.2, 0.25) is 5.91 Å². The minimum Gasteiger partial charge on any atom is -0.355 e. The van der Waals surface area contributed by atoms with Gasteiger partial charge in [0.25, 0.3) is 11.8 Å². The minimum absolute atomic E-state index is 0. The molecular weight excluding hydrogens is 294 g/mol. The van der Waals surface area contributed by atoms with Crippen LogP contribution in [0, 0.1) is 0 Å². The molecule has 0 radical (unpaired) electrons. The maximum absolute atomic E-state index is 12.0. The van der Waals surface area contributed by atoms with E-state index in [0.717, 1.165) is 0 Å². The van der Waals surface area contributed by atoms with E-state index >= 15 is 0 Å². The van der Waals surface area contributed by atoms with Crippen molar-refractivity contribution in [2.24, 2.45) is 5.73 Å². The summed E-state index contributed by atoms with van der Waals surface area (Å²) in [5, 5.41) is 2.64. The Bertz CT molecular complexity index is 513. The van der Waals surface area contributed by atoms with E-state index in [-0.39, 0.29) is 36.7 Å². The lowest BCUT2D eigenvalue weighted by molar-refractivity contribution is -0.119. The van der Waals surface area contributed by atoms with Crippen LogP contribution < -0.4 is 11.1 Å². The maximum Gasteiger partial charge on any atom is 0.261 e. The first kappa shape index (κ1) is 17.1. The molecule has 0 saturated carbocycles. The van der Waals surface area contributed by atoms with Crippen molar-refractivity contribution in [3.05, 3.63) is 35.4 Å². The van der Waals surface area contributed by atoms with Gasteiger partial charge in [0.15, 0.2) is 0 Å². The fourth-order valence-corrected chi connectivity index (χ4v) is 2.14. The lowest BCUT2D eigenvalue weighted by Gasteiger charge is -2.13. The van der Waals surface area contributed by atoms with Gasteiger partial charge in [-0.3, -0.25) is 19.3 Å². The lowest BCUT2D eigenvalue weighted by atomic mass is 10.1. The van der Waals surface area contributed by atoms with Crippen molar-refractivity contribution in [1.82, 2.24) is 10.2 Å². The van der Waals surface area contributed by atoms with Crippen LogP contribution in [-0.2, 0) is 4.79 Å². The Hall–Kier alpha value is -1.92. The van der Waals surface area contributed by atoms with E-state index in [1.54, 1.807) is 24.3 Å². The first-order valence-electron chi connectivity index (χ1n) is 6.57. The molecule has 1 aromatic carbocycles. The molecule has 0 fully saturated rings. The molecule has 6 nitrogen and oxygen atoms in total. The lowest BCUT2D eigenvalue weighted by Crippen LogP contribution is -2.33. The SMILES string of the molecule is Cl.NCC(=O)NCCCCN1C(=O)c2ccccc2C1=O. The first-order chi connectivity index (χ1) is 9.65. The Labute approximate surface area is 129 Å². The van der Waals surface area contributed by atoms with Crippen LogP contribution in [0.5, 0.6) is 0 Å². The van der Waals surface area contributed by atoms with E-state index in [1.165, 1.54) is 4.90 Å². The highest BCUT2D eigenvalue weighted by Crippen LogP contribution is 2.22. The highest BCUT2D eigenvalue weighted by Gasteiger charge is 2.34. The highest BCUT2D eigenvalue weighted by molar-refractivity contribution is 6.21. The molecule has 1 heterocycles. The molecule has 0 atom stereocenters. The molecular formula is C14H18ClN3O3. The van der Waals surface area contributed by atoms with Crippen LogP contribution in [0.25, 0.3) is 0 Å². The number of carbonyl (C=O) groups excluding carboxylic acids is 3. The molecule has 1 aromatic rings. The van der Waals surface area contributed by atoms with E-state index in [1.807, 2.05) is 0 Å². The molecule has 0 unspecified atom stereocenters. The molecule has 3 N–H and O–H groups in total. The summed E-state index contributed by atoms with van der Waals surface area (Å²) < 4.78 is 0. The fourth-order valence-electron chi connectivity index (χ4n) is 2.14. The summed E-state index contributed by atoms with van der Waals surface area (Å²) >= 11 is 0. The van der Waals surface area contributed by atoms with Gasteiger partial charge in [-0.05, 0) is 25.0 Å². The third-order valence-corrected chi connectivity index (χ3v) is 3.19. The van der Waals surface area contributed by atoms with Gasteiger partial charge in [-0.25, -0.2) is 0 Å². The number of nitrogens with one attached hydrogen (secondary N) is 1. The molecule has 0 bridgehead atoms. The van der Waals surface area contributed by atoms with Crippen molar-refractivity contribution >= 4 is 30.1 Å². The summed E-state index contributed by atoms with van der Waals surface area (Å²) in [4.78, 5) is 36.3. The number of hydrogen-bond acceptors (Lipinski definition) is 4. The largest absolute Gasteiger partial charge is 0.355 e. The molecule has 1 aliphatic heterocycles. The smallest absolute Gasteiger partial charge is 0.261 e. The Kier molecular flexibility index (Phi) is 6.33. The number of unbranched alkanes of at least 4 members (excludes halogenated alkanes) is 1. The summed E-state index contributed by atoms with van der Waals surface area (Å²) in [6.07, 6.45) is 1.34. The van der Waals surface area contributed by atoms with E-state index < -0.39 is 0 Å². The average molecular weight is 312 g/mol. The second kappa shape index (κ2) is 7.75. The number of benzene rings is 1. The monoisotopic (exact) mass is 311 g/mol. The van der Waals surface area contributed by atoms with Crippen molar-refractivity contribution in [2.45, 2.75) is 12.8 Å². The normalized spacial score (nSPS) is 12.9. The Morgan fingerprint density at radius 3 is 2.19 bits per heavy atom. The van der Waals surface area contributed by atoms with E-state index in [0.29, 0.717) is 37.1 Å². The zero-order chi connectivity index (χ0) is 14.5. The minimum atomic E-state index is -0.239. The van der Waals surface area contributed by atoms with Crippen molar-refractivity contribution in [1.29, 1.82) is 0 Å². The third-order valence-electron chi connectivity index (χ3n) is 3.19. The number of carbonyl (C=O) groups is 3. The molecule has 21 heavy (non-hydrogen) atoms. The number of nitrogens with zero attached hydrogens (tertiary/aromatic N) is 1. The molecule has 1 aliphatic rings. The topological polar surface area (TPSA) is 92.5 Å². The van der Waals surface area contributed by atoms with Crippen LogP contribution >= 0.6 is 12.4 Å². The number of halogens is 1. The third kappa shape index (κ3) is 3.80. The summed E-state index contributed by atoms with van der Waals surface area (Å²) in [6, 6.07) is 6.82. The van der Waals surface area contributed by atoms with Gasteiger partial charge in [0, 0.05) is 13.1 Å². The molecule has 7 heteroatoms. The van der Waals surface area contributed by atoms with Crippen molar-refractivity contribution in [2.75, 3.05) is 19.6 Å². The molecule has 0 aromatic heterocycles. The summed E-state index contributed by atoms with van der Waals surface area (Å²) in [6.45, 7) is 0.836. The van der Waals surface area contributed by atoms with Gasteiger partial charge in [0.1, 0.15) is 0 Å². The number of rotatable bonds is 6. The fraction of sp³-hybridized carbons (Fsp3) is 0.357. The number of amides is 3. The number of fused-ring (bicyclic) bond motifs is 1. The summed E-state index contributed by atoms with van der Waals surface area (Å²) in [5.74, 6) is -0.682. The van der Waals surface area contributed by atoms with Crippen LogP contribution in [0.1, 0.15) is 33.6 Å². The van der Waals surface area contributed by atoms with Crippen LogP contribution in [0.2, 0.25) is 0 Å². The van der Waals surface area contributed by atoms with Crippen LogP contribution in [0.15, 0.2) is 24.3 Å². The van der Waals surface area contributed by atoms with Crippen LogP contribution in [0.4, 0.5) is 0 Å². The number of nitrogens with two attached hydrogens (primary N) is 1. The van der Waals surface area contributed by atoms with Gasteiger partial charge in [0.05, 0.1) is 17.7 Å². The maximum atomic E-state index is 12.0. The standard InChI is InChI=1S/C14H17N3O3.ClH/c15-9-12(18)16-7-3-4-8-17-13(19)10-5-1-2-6-11(10)14(17)20;/h1-2,5-6H,3-4,7-9,15H2,(H,16,18);1H. The predicted octanol–water partition coefficient (Wildman–Crippen LogP) is 0.559. The van der Waals surface area contributed by atoms with Crippen molar-refractivity contribution in [3.8, 4) is 0 Å². The Morgan fingerprint density at radius 1 is 1.10 bits per heavy atom. The van der Waals surface area contributed by atoms with Crippen LogP contribution in [-0.4, -0.2) is 42.3 Å². The molecule has 114 valence electrons. The molecule has 0 spiro atoms. The van der Waals surface area contributed by atoms with Crippen molar-refractivity contribution in [3.63, 3.8) is 0 Å². The quantitative estimate of drug-likeness (QED) is 0.593. The van der Waals surface area contributed by atoms with Gasteiger partial charge >= 0.3 is 0 Å². The second-order valence-corrected chi connectivity index (χ2v) is 4.57. The van der Waals surface area contributed by atoms with E-state index in [2.05, 4.69) is 5.32 Å². The average Bonchev–Trinajstić information content (AvgIpc) is 2.71. The second-order valence-electron chi connectivity index (χ2n) is 4.57. The van der Waals surface area contributed by atoms with E-state index in [9.17, 15) is 14.4 Å². The molecule has 2 rings (SSSR count).